The van der Waals surface area contributed by atoms with E-state index in [-0.39, 0.29) is 0 Å². The number of fused-ring (bicyclic) bond motifs is 10. The van der Waals surface area contributed by atoms with Gasteiger partial charge in [-0.05, 0) is 82.9 Å². The van der Waals surface area contributed by atoms with Crippen LogP contribution in [0.4, 0.5) is 0 Å². The predicted octanol–water partition coefficient (Wildman–Crippen LogP) is 13.1. The van der Waals surface area contributed by atoms with Gasteiger partial charge in [-0.15, -0.1) is 0 Å². The first kappa shape index (κ1) is 28.0. The minimum Gasteiger partial charge on any atom is -0.454 e. The second-order valence-electron chi connectivity index (χ2n) is 13.3. The van der Waals surface area contributed by atoms with Gasteiger partial charge in [-0.3, -0.25) is 0 Å². The molecule has 0 aliphatic heterocycles. The Labute approximate surface area is 293 Å². The van der Waals surface area contributed by atoms with Crippen LogP contribution >= 0.6 is 0 Å². The van der Waals surface area contributed by atoms with Crippen molar-refractivity contribution in [2.75, 3.05) is 0 Å². The summed E-state index contributed by atoms with van der Waals surface area (Å²) in [4.78, 5) is 0. The third-order valence-electron chi connectivity index (χ3n) is 10.5. The standard InChI is InChI=1S/C48H30N2O/c1-4-13-31(14-5-1)33-17-12-20-36(27-33)49-43-22-11-10-21-37(43)41-29-42-39-25-26-40-38-24-23-34(32-15-6-2-7-16-32)28-46(38)51-48(40)47(39)50(45(42)30-44(41)49)35-18-8-3-9-19-35/h1-30H. The average Bonchev–Trinajstić information content (AvgIpc) is 3.85. The molecule has 0 atom stereocenters. The zero-order valence-electron chi connectivity index (χ0n) is 27.6. The van der Waals surface area contributed by atoms with Crippen LogP contribution in [0.15, 0.2) is 186 Å². The van der Waals surface area contributed by atoms with Gasteiger partial charge in [0, 0.05) is 43.7 Å². The number of benzene rings is 8. The molecule has 0 saturated carbocycles. The summed E-state index contributed by atoms with van der Waals surface area (Å²) >= 11 is 0. The maximum absolute atomic E-state index is 6.89. The van der Waals surface area contributed by atoms with E-state index >= 15 is 0 Å². The van der Waals surface area contributed by atoms with Crippen molar-refractivity contribution in [3.63, 3.8) is 0 Å². The summed E-state index contributed by atoms with van der Waals surface area (Å²) in [6.45, 7) is 0. The summed E-state index contributed by atoms with van der Waals surface area (Å²) in [7, 11) is 0. The van der Waals surface area contributed by atoms with E-state index in [2.05, 4.69) is 191 Å². The van der Waals surface area contributed by atoms with E-state index in [1.54, 1.807) is 0 Å². The zero-order chi connectivity index (χ0) is 33.5. The van der Waals surface area contributed by atoms with E-state index in [0.29, 0.717) is 0 Å². The Morgan fingerprint density at radius 2 is 0.902 bits per heavy atom. The van der Waals surface area contributed by atoms with Gasteiger partial charge in [-0.1, -0.05) is 121 Å². The molecule has 11 aromatic rings. The lowest BCUT2D eigenvalue weighted by Crippen LogP contribution is -1.96. The summed E-state index contributed by atoms with van der Waals surface area (Å²) in [5.41, 5.74) is 13.3. The number of aromatic nitrogens is 2. The Bertz CT molecular complexity index is 3110. The van der Waals surface area contributed by atoms with E-state index in [0.717, 1.165) is 49.9 Å². The van der Waals surface area contributed by atoms with Crippen molar-refractivity contribution in [3.8, 4) is 33.6 Å². The number of hydrogen-bond donors (Lipinski definition) is 0. The van der Waals surface area contributed by atoms with Crippen LogP contribution in [0.5, 0.6) is 0 Å². The molecule has 0 fully saturated rings. The summed E-state index contributed by atoms with van der Waals surface area (Å²) in [6.07, 6.45) is 0. The van der Waals surface area contributed by atoms with Crippen LogP contribution in [-0.4, -0.2) is 9.13 Å². The van der Waals surface area contributed by atoms with Crippen LogP contribution in [-0.2, 0) is 0 Å². The first-order chi connectivity index (χ1) is 25.3. The lowest BCUT2D eigenvalue weighted by atomic mass is 10.0. The Hall–Kier alpha value is -6.84. The molecule has 3 nitrogen and oxygen atoms in total. The van der Waals surface area contributed by atoms with Crippen LogP contribution in [0.3, 0.4) is 0 Å². The second-order valence-corrected chi connectivity index (χ2v) is 13.3. The van der Waals surface area contributed by atoms with Gasteiger partial charge in [0.25, 0.3) is 0 Å². The lowest BCUT2D eigenvalue weighted by Gasteiger charge is -2.11. The Morgan fingerprint density at radius 1 is 0.314 bits per heavy atom. The zero-order valence-corrected chi connectivity index (χ0v) is 27.6. The highest BCUT2D eigenvalue weighted by molar-refractivity contribution is 6.25. The fourth-order valence-corrected chi connectivity index (χ4v) is 8.18. The van der Waals surface area contributed by atoms with Gasteiger partial charge in [0.2, 0.25) is 0 Å². The minimum absolute atomic E-state index is 0.893. The maximum Gasteiger partial charge on any atom is 0.160 e. The molecule has 0 bridgehead atoms. The van der Waals surface area contributed by atoms with E-state index < -0.39 is 0 Å². The fourth-order valence-electron chi connectivity index (χ4n) is 8.18. The van der Waals surface area contributed by atoms with Gasteiger partial charge in [0.1, 0.15) is 5.58 Å². The molecule has 0 aliphatic carbocycles. The molecule has 0 unspecified atom stereocenters. The lowest BCUT2D eigenvalue weighted by molar-refractivity contribution is 0.671. The van der Waals surface area contributed by atoms with Crippen molar-refractivity contribution in [2.45, 2.75) is 0 Å². The normalized spacial score (nSPS) is 11.9. The quantitative estimate of drug-likeness (QED) is 0.186. The molecule has 8 aromatic carbocycles. The van der Waals surface area contributed by atoms with E-state index in [9.17, 15) is 0 Å². The molecule has 3 aromatic heterocycles. The van der Waals surface area contributed by atoms with Gasteiger partial charge in [-0.25, -0.2) is 0 Å². The van der Waals surface area contributed by atoms with Gasteiger partial charge in [0.15, 0.2) is 5.58 Å². The SMILES string of the molecule is c1ccc(-c2cccc(-n3c4ccccc4c4cc5c6ccc7c8ccc(-c9ccccc9)cc8oc7c6n(-c6ccccc6)c5cc43)c2)cc1. The maximum atomic E-state index is 6.89. The molecule has 0 aliphatic rings. The molecule has 0 spiro atoms. The molecule has 0 saturated heterocycles. The average molecular weight is 651 g/mol. The third kappa shape index (κ3) is 4.19. The van der Waals surface area contributed by atoms with Gasteiger partial charge < -0.3 is 13.6 Å². The van der Waals surface area contributed by atoms with Crippen LogP contribution in [0.25, 0.3) is 99.2 Å². The highest BCUT2D eigenvalue weighted by Crippen LogP contribution is 2.44. The van der Waals surface area contributed by atoms with Gasteiger partial charge >= 0.3 is 0 Å². The topological polar surface area (TPSA) is 23.0 Å². The molecule has 51 heavy (non-hydrogen) atoms. The van der Waals surface area contributed by atoms with Crippen LogP contribution in [0.2, 0.25) is 0 Å². The van der Waals surface area contributed by atoms with Crippen molar-refractivity contribution in [3.05, 3.63) is 182 Å². The summed E-state index contributed by atoms with van der Waals surface area (Å²) < 4.78 is 11.7. The van der Waals surface area contributed by atoms with Crippen molar-refractivity contribution < 1.29 is 4.42 Å². The van der Waals surface area contributed by atoms with E-state index in [1.807, 2.05) is 0 Å². The van der Waals surface area contributed by atoms with Crippen molar-refractivity contribution in [1.82, 2.24) is 9.13 Å². The molecule has 3 heterocycles. The summed E-state index contributed by atoms with van der Waals surface area (Å²) in [5, 5.41) is 7.08. The first-order valence-electron chi connectivity index (χ1n) is 17.4. The smallest absolute Gasteiger partial charge is 0.160 e. The molecular weight excluding hydrogens is 621 g/mol. The van der Waals surface area contributed by atoms with Crippen LogP contribution in [0.1, 0.15) is 0 Å². The minimum atomic E-state index is 0.893. The Kier molecular flexibility index (Phi) is 5.96. The number of rotatable bonds is 4. The predicted molar refractivity (Wildman–Crippen MR) is 213 cm³/mol. The Balaban J connectivity index is 1.24. The molecule has 238 valence electrons. The molecule has 0 radical (unpaired) electrons. The van der Waals surface area contributed by atoms with Crippen molar-refractivity contribution >= 4 is 65.6 Å². The van der Waals surface area contributed by atoms with Crippen LogP contribution in [0, 0.1) is 0 Å². The highest BCUT2D eigenvalue weighted by atomic mass is 16.3. The molecular formula is C48H30N2O. The highest BCUT2D eigenvalue weighted by Gasteiger charge is 2.22. The second kappa shape index (κ2) is 10.8. The van der Waals surface area contributed by atoms with Crippen LogP contribution < -0.4 is 0 Å². The monoisotopic (exact) mass is 650 g/mol. The van der Waals surface area contributed by atoms with Gasteiger partial charge in [0.05, 0.1) is 22.1 Å². The number of furan rings is 1. The summed E-state index contributed by atoms with van der Waals surface area (Å²) in [5.74, 6) is 0. The fraction of sp³-hybridized carbons (Fsp3) is 0. The van der Waals surface area contributed by atoms with E-state index in [1.165, 1.54) is 49.3 Å². The largest absolute Gasteiger partial charge is 0.454 e. The van der Waals surface area contributed by atoms with Gasteiger partial charge in [-0.2, -0.15) is 0 Å². The number of nitrogens with zero attached hydrogens (tertiary/aromatic N) is 2. The van der Waals surface area contributed by atoms with E-state index in [4.69, 9.17) is 4.42 Å². The Morgan fingerprint density at radius 3 is 1.69 bits per heavy atom. The number of para-hydroxylation sites is 2. The third-order valence-corrected chi connectivity index (χ3v) is 10.5. The summed E-state index contributed by atoms with van der Waals surface area (Å²) in [6, 6.07) is 65.4. The molecule has 0 N–H and O–H groups in total. The molecule has 11 rings (SSSR count). The number of hydrogen-bond acceptors (Lipinski definition) is 1. The molecule has 3 heteroatoms. The van der Waals surface area contributed by atoms with Crippen molar-refractivity contribution in [2.24, 2.45) is 0 Å². The first-order valence-corrected chi connectivity index (χ1v) is 17.4. The van der Waals surface area contributed by atoms with Crippen molar-refractivity contribution in [1.29, 1.82) is 0 Å². The molecule has 0 amide bonds.